The summed E-state index contributed by atoms with van der Waals surface area (Å²) < 4.78 is 5.52. The molecule has 5 rings (SSSR count). The zero-order valence-electron chi connectivity index (χ0n) is 20.3. The second-order valence-corrected chi connectivity index (χ2v) is 9.11. The largest absolute Gasteiger partial charge is 0.496 e. The first-order valence-corrected chi connectivity index (χ1v) is 12.0. The zero-order valence-corrected chi connectivity index (χ0v) is 20.3. The van der Waals surface area contributed by atoms with Gasteiger partial charge in [0, 0.05) is 30.3 Å². The maximum Gasteiger partial charge on any atom is 0.335 e. The first kappa shape index (κ1) is 24.1. The molecule has 0 amide bonds. The Morgan fingerprint density at radius 1 is 1.00 bits per heavy atom. The van der Waals surface area contributed by atoms with Crippen molar-refractivity contribution in [3.8, 4) is 5.75 Å². The van der Waals surface area contributed by atoms with Gasteiger partial charge in [-0.3, -0.25) is 10.1 Å². The molecule has 1 unspecified atom stereocenters. The number of nitrogens with zero attached hydrogens (tertiary/aromatic N) is 2. The van der Waals surface area contributed by atoms with Crippen molar-refractivity contribution in [1.29, 1.82) is 0 Å². The minimum absolute atomic E-state index is 0.0507. The molecule has 4 aromatic carbocycles. The van der Waals surface area contributed by atoms with E-state index in [9.17, 15) is 20.0 Å². The number of anilines is 1. The number of ether oxygens (including phenoxy) is 1. The number of benzene rings is 4. The summed E-state index contributed by atoms with van der Waals surface area (Å²) in [6.45, 7) is 0.634. The molecule has 4 aromatic rings. The quantitative estimate of drug-likeness (QED) is 0.230. The lowest BCUT2D eigenvalue weighted by molar-refractivity contribution is -0.384. The molecule has 0 radical (unpaired) electrons. The lowest BCUT2D eigenvalue weighted by Crippen LogP contribution is -2.29. The SMILES string of the molecule is COc1cc(C(=O)O)ccc1CC1CN(C(c2ccccc2)c2ccccc2)c2ccc([N+](=O)[O-])cc21. The number of non-ortho nitro benzene ring substituents is 1. The third-order valence-electron chi connectivity index (χ3n) is 6.93. The third-order valence-corrected chi connectivity index (χ3v) is 6.93. The number of methoxy groups -OCH3 is 1. The molecular weight excluding hydrogens is 468 g/mol. The molecule has 0 spiro atoms. The highest BCUT2D eigenvalue weighted by atomic mass is 16.6. The maximum absolute atomic E-state index is 11.6. The highest BCUT2D eigenvalue weighted by Gasteiger charge is 2.36. The van der Waals surface area contributed by atoms with Crippen molar-refractivity contribution in [2.24, 2.45) is 0 Å². The Morgan fingerprint density at radius 2 is 1.65 bits per heavy atom. The van der Waals surface area contributed by atoms with Gasteiger partial charge in [-0.2, -0.15) is 0 Å². The fourth-order valence-electron chi connectivity index (χ4n) is 5.23. The van der Waals surface area contributed by atoms with Crippen molar-refractivity contribution in [3.05, 3.63) is 135 Å². The molecule has 0 saturated heterocycles. The van der Waals surface area contributed by atoms with Crippen LogP contribution in [0.1, 0.15) is 44.6 Å². The van der Waals surface area contributed by atoms with Gasteiger partial charge < -0.3 is 14.7 Å². The molecule has 1 N–H and O–H groups in total. The molecular formula is C30H26N2O5. The molecule has 1 aliphatic rings. The average Bonchev–Trinajstić information content (AvgIpc) is 3.27. The summed E-state index contributed by atoms with van der Waals surface area (Å²) in [6.07, 6.45) is 0.546. The van der Waals surface area contributed by atoms with E-state index in [-0.39, 0.29) is 28.1 Å². The molecule has 186 valence electrons. The number of carboxylic acids is 1. The van der Waals surface area contributed by atoms with Crippen LogP contribution in [0.25, 0.3) is 0 Å². The van der Waals surface area contributed by atoms with Gasteiger partial charge in [-0.1, -0.05) is 66.7 Å². The lowest BCUT2D eigenvalue weighted by atomic mass is 9.92. The third kappa shape index (κ3) is 4.76. The van der Waals surface area contributed by atoms with Crippen LogP contribution < -0.4 is 9.64 Å². The monoisotopic (exact) mass is 494 g/mol. The summed E-state index contributed by atoms with van der Waals surface area (Å²) in [5, 5.41) is 21.0. The number of hydrogen-bond acceptors (Lipinski definition) is 5. The van der Waals surface area contributed by atoms with Crippen LogP contribution in [0.15, 0.2) is 97.1 Å². The van der Waals surface area contributed by atoms with Gasteiger partial charge in [-0.05, 0) is 46.9 Å². The summed E-state index contributed by atoms with van der Waals surface area (Å²) in [4.78, 5) is 25.0. The first-order valence-electron chi connectivity index (χ1n) is 12.0. The highest BCUT2D eigenvalue weighted by molar-refractivity contribution is 5.88. The number of hydrogen-bond donors (Lipinski definition) is 1. The molecule has 1 heterocycles. The molecule has 1 atom stereocenters. The minimum Gasteiger partial charge on any atom is -0.496 e. The Bertz CT molecular complexity index is 1400. The van der Waals surface area contributed by atoms with E-state index < -0.39 is 5.97 Å². The smallest absolute Gasteiger partial charge is 0.335 e. The van der Waals surface area contributed by atoms with Gasteiger partial charge in [0.2, 0.25) is 0 Å². The number of nitro groups is 1. The van der Waals surface area contributed by atoms with E-state index >= 15 is 0 Å². The van der Waals surface area contributed by atoms with Gasteiger partial charge in [0.25, 0.3) is 5.69 Å². The van der Waals surface area contributed by atoms with E-state index in [0.717, 1.165) is 27.9 Å². The van der Waals surface area contributed by atoms with E-state index in [0.29, 0.717) is 18.7 Å². The number of aromatic carboxylic acids is 1. The summed E-state index contributed by atoms with van der Waals surface area (Å²) in [6, 6.07) is 30.3. The standard InChI is InChI=1S/C30H26N2O5/c1-37-28-17-23(30(33)34)13-12-22(28)16-24-19-31(27-15-14-25(32(35)36)18-26(24)27)29(20-8-4-2-5-9-20)21-10-6-3-7-11-21/h2-15,17-18,24,29H,16,19H2,1H3,(H,33,34). The van der Waals surface area contributed by atoms with Crippen molar-refractivity contribution in [1.82, 2.24) is 0 Å². The van der Waals surface area contributed by atoms with Crippen molar-refractivity contribution in [2.45, 2.75) is 18.4 Å². The summed E-state index contributed by atoms with van der Waals surface area (Å²) in [7, 11) is 1.52. The topological polar surface area (TPSA) is 92.9 Å². The molecule has 37 heavy (non-hydrogen) atoms. The Kier molecular flexibility index (Phi) is 6.60. The van der Waals surface area contributed by atoms with Gasteiger partial charge in [-0.15, -0.1) is 0 Å². The van der Waals surface area contributed by atoms with Crippen molar-refractivity contribution >= 4 is 17.3 Å². The fraction of sp³-hybridized carbons (Fsp3) is 0.167. The normalized spacial score (nSPS) is 14.4. The van der Waals surface area contributed by atoms with Crippen LogP contribution in [-0.2, 0) is 6.42 Å². The predicted molar refractivity (Wildman–Crippen MR) is 142 cm³/mol. The molecule has 0 aliphatic carbocycles. The fourth-order valence-corrected chi connectivity index (χ4v) is 5.23. The van der Waals surface area contributed by atoms with Gasteiger partial charge in [-0.25, -0.2) is 4.79 Å². The molecule has 0 bridgehead atoms. The molecule has 7 nitrogen and oxygen atoms in total. The number of rotatable bonds is 8. The number of carboxylic acid groups (broad SMARTS) is 1. The number of carbonyl (C=O) groups is 1. The second kappa shape index (κ2) is 10.1. The number of fused-ring (bicyclic) bond motifs is 1. The summed E-state index contributed by atoms with van der Waals surface area (Å²) in [5.41, 5.74) is 5.16. The Morgan fingerprint density at radius 3 is 2.22 bits per heavy atom. The number of nitro benzene ring substituents is 1. The Labute approximate surface area is 214 Å². The van der Waals surface area contributed by atoms with E-state index in [1.165, 1.54) is 13.2 Å². The predicted octanol–water partition coefficient (Wildman–Crippen LogP) is 6.24. The van der Waals surface area contributed by atoms with Crippen LogP contribution in [0, 0.1) is 10.1 Å². The van der Waals surface area contributed by atoms with Gasteiger partial charge in [0.15, 0.2) is 0 Å². The molecule has 1 aliphatic heterocycles. The van der Waals surface area contributed by atoms with Crippen molar-refractivity contribution in [3.63, 3.8) is 0 Å². The second-order valence-electron chi connectivity index (χ2n) is 9.11. The van der Waals surface area contributed by atoms with Crippen LogP contribution in [0.3, 0.4) is 0 Å². The lowest BCUT2D eigenvalue weighted by Gasteiger charge is -2.32. The van der Waals surface area contributed by atoms with E-state index in [1.54, 1.807) is 24.3 Å². The molecule has 0 saturated carbocycles. The summed E-state index contributed by atoms with van der Waals surface area (Å²) >= 11 is 0. The van der Waals surface area contributed by atoms with Gasteiger partial charge in [0.1, 0.15) is 5.75 Å². The zero-order chi connectivity index (χ0) is 25.9. The first-order chi connectivity index (χ1) is 18.0. The van der Waals surface area contributed by atoms with E-state index in [2.05, 4.69) is 29.2 Å². The van der Waals surface area contributed by atoms with Crippen LogP contribution >= 0.6 is 0 Å². The van der Waals surface area contributed by atoms with Gasteiger partial charge >= 0.3 is 5.97 Å². The molecule has 7 heteroatoms. The van der Waals surface area contributed by atoms with E-state index in [1.807, 2.05) is 42.5 Å². The van der Waals surface area contributed by atoms with Crippen LogP contribution in [-0.4, -0.2) is 29.7 Å². The van der Waals surface area contributed by atoms with Crippen molar-refractivity contribution in [2.75, 3.05) is 18.6 Å². The average molecular weight is 495 g/mol. The van der Waals surface area contributed by atoms with Crippen LogP contribution in [0.2, 0.25) is 0 Å². The van der Waals surface area contributed by atoms with Crippen molar-refractivity contribution < 1.29 is 19.6 Å². The molecule has 0 aromatic heterocycles. The minimum atomic E-state index is -1.02. The maximum atomic E-state index is 11.6. The Hall–Kier alpha value is -4.65. The molecule has 0 fully saturated rings. The van der Waals surface area contributed by atoms with E-state index in [4.69, 9.17) is 4.74 Å². The van der Waals surface area contributed by atoms with Gasteiger partial charge in [0.05, 0.1) is 23.6 Å². The Balaban J connectivity index is 1.60. The van der Waals surface area contributed by atoms with Crippen LogP contribution in [0.5, 0.6) is 5.75 Å². The summed E-state index contributed by atoms with van der Waals surface area (Å²) in [5.74, 6) is -0.589. The highest BCUT2D eigenvalue weighted by Crippen LogP contribution is 2.46. The van der Waals surface area contributed by atoms with Crippen LogP contribution in [0.4, 0.5) is 11.4 Å².